The molecular formula is C25H27N5O5S2. The average molecular weight is 542 g/mol. The van der Waals surface area contributed by atoms with Gasteiger partial charge in [0.05, 0.1) is 10.5 Å². The van der Waals surface area contributed by atoms with Gasteiger partial charge in [0.2, 0.25) is 10.0 Å². The molecule has 194 valence electrons. The number of benzene rings is 2. The predicted molar refractivity (Wildman–Crippen MR) is 141 cm³/mol. The van der Waals surface area contributed by atoms with Gasteiger partial charge in [-0.3, -0.25) is 14.9 Å². The fourth-order valence-electron chi connectivity index (χ4n) is 4.09. The molecule has 37 heavy (non-hydrogen) atoms. The molecule has 2 aromatic carbocycles. The Morgan fingerprint density at radius 2 is 1.73 bits per heavy atom. The zero-order chi connectivity index (χ0) is 26.7. The van der Waals surface area contributed by atoms with Crippen molar-refractivity contribution in [3.05, 3.63) is 81.7 Å². The fourth-order valence-corrected chi connectivity index (χ4v) is 6.57. The van der Waals surface area contributed by atoms with E-state index >= 15 is 0 Å². The lowest BCUT2D eigenvalue weighted by Crippen LogP contribution is -2.36. The lowest BCUT2D eigenvalue weighted by atomic mass is 10.0. The summed E-state index contributed by atoms with van der Waals surface area (Å²) >= 11 is 1.27. The van der Waals surface area contributed by atoms with Crippen molar-refractivity contribution in [2.45, 2.75) is 24.4 Å². The second kappa shape index (κ2) is 10.8. The molecule has 4 N–H and O–H groups in total. The molecule has 0 spiro atoms. The molecule has 3 aromatic rings. The number of urea groups is 1. The van der Waals surface area contributed by atoms with Crippen LogP contribution in [0.5, 0.6) is 0 Å². The van der Waals surface area contributed by atoms with Gasteiger partial charge in [-0.15, -0.1) is 11.3 Å². The van der Waals surface area contributed by atoms with Crippen LogP contribution in [-0.4, -0.2) is 56.1 Å². The molecule has 1 aliphatic rings. The molecule has 0 fully saturated rings. The molecule has 0 saturated carbocycles. The van der Waals surface area contributed by atoms with Crippen molar-refractivity contribution >= 4 is 44.2 Å². The number of nitrogens with two attached hydrogens (primary N) is 1. The zero-order valence-electron chi connectivity index (χ0n) is 20.4. The number of amides is 4. The number of nitrogens with one attached hydrogen (secondary N) is 2. The molecular weight excluding hydrogens is 514 g/mol. The number of anilines is 1. The van der Waals surface area contributed by atoms with E-state index in [0.717, 1.165) is 22.5 Å². The Kier molecular flexibility index (Phi) is 7.73. The van der Waals surface area contributed by atoms with Crippen LogP contribution < -0.4 is 16.4 Å². The number of nitrogens with zero attached hydrogens (tertiary/aromatic N) is 2. The Balaban J connectivity index is 1.54. The zero-order valence-corrected chi connectivity index (χ0v) is 22.0. The summed E-state index contributed by atoms with van der Waals surface area (Å²) in [5.74, 6) is -1.19. The first-order valence-corrected chi connectivity index (χ1v) is 13.7. The van der Waals surface area contributed by atoms with Crippen molar-refractivity contribution in [1.29, 1.82) is 0 Å². The summed E-state index contributed by atoms with van der Waals surface area (Å²) in [7, 11) is -0.320. The average Bonchev–Trinajstić information content (AvgIpc) is 3.21. The van der Waals surface area contributed by atoms with Gasteiger partial charge in [-0.25, -0.2) is 13.2 Å². The van der Waals surface area contributed by atoms with Crippen LogP contribution >= 0.6 is 11.3 Å². The molecule has 4 rings (SSSR count). The van der Waals surface area contributed by atoms with E-state index in [1.165, 1.54) is 47.0 Å². The normalized spacial score (nSPS) is 13.7. The Morgan fingerprint density at radius 1 is 1.05 bits per heavy atom. The van der Waals surface area contributed by atoms with Crippen molar-refractivity contribution in [2.24, 2.45) is 5.73 Å². The van der Waals surface area contributed by atoms with Gasteiger partial charge >= 0.3 is 6.03 Å². The maximum absolute atomic E-state index is 13.0. The molecule has 1 aromatic heterocycles. The smallest absolute Gasteiger partial charge is 0.319 e. The van der Waals surface area contributed by atoms with Crippen molar-refractivity contribution in [3.8, 4) is 0 Å². The van der Waals surface area contributed by atoms with Crippen LogP contribution in [-0.2, 0) is 29.5 Å². The maximum atomic E-state index is 13.0. The third kappa shape index (κ3) is 5.88. The van der Waals surface area contributed by atoms with E-state index in [1.54, 1.807) is 0 Å². The summed E-state index contributed by atoms with van der Waals surface area (Å²) in [6.07, 6.45) is 0.586. The third-order valence-electron chi connectivity index (χ3n) is 6.01. The number of rotatable bonds is 7. The summed E-state index contributed by atoms with van der Waals surface area (Å²) in [4.78, 5) is 40.1. The number of carbonyl (C=O) groups is 3. The van der Waals surface area contributed by atoms with Crippen LogP contribution in [0.1, 0.15) is 36.7 Å². The molecule has 0 saturated heterocycles. The molecule has 0 radical (unpaired) electrons. The van der Waals surface area contributed by atoms with Crippen LogP contribution in [0, 0.1) is 0 Å². The standard InChI is InChI=1S/C25H27N5O5S2/c1-29-13-12-19-20(15-29)36-24(21(19)23(32)28-25(26)33)27-22(31)17-8-10-18(11-9-17)37(34,35)30(2)14-16-6-4-3-5-7-16/h3-11H,12-15H2,1-2H3,(H,27,31)(H3,26,28,32,33). The molecule has 4 amide bonds. The number of hydrogen-bond acceptors (Lipinski definition) is 7. The number of fused-ring (bicyclic) bond motifs is 1. The van der Waals surface area contributed by atoms with Crippen molar-refractivity contribution < 1.29 is 22.8 Å². The number of carbonyl (C=O) groups excluding carboxylic acids is 3. The number of likely N-dealkylation sites (N-methyl/N-ethyl adjacent to an activating group) is 1. The monoisotopic (exact) mass is 541 g/mol. The first-order chi connectivity index (χ1) is 17.6. The van der Waals surface area contributed by atoms with Gasteiger partial charge in [0.15, 0.2) is 0 Å². The van der Waals surface area contributed by atoms with Gasteiger partial charge in [0.25, 0.3) is 11.8 Å². The second-order valence-electron chi connectivity index (χ2n) is 8.74. The molecule has 12 heteroatoms. The highest BCUT2D eigenvalue weighted by Gasteiger charge is 2.29. The SMILES string of the molecule is CN1CCc2c(sc(NC(=O)c3ccc(S(=O)(=O)N(C)Cc4ccccc4)cc3)c2C(=O)NC(N)=O)C1. The summed E-state index contributed by atoms with van der Waals surface area (Å²) < 4.78 is 27.2. The minimum atomic E-state index is -3.77. The van der Waals surface area contributed by atoms with Crippen LogP contribution in [0.25, 0.3) is 0 Å². The number of primary amides is 1. The summed E-state index contributed by atoms with van der Waals surface area (Å²) in [5.41, 5.74) is 7.21. The van der Waals surface area contributed by atoms with E-state index < -0.39 is 27.9 Å². The molecule has 0 bridgehead atoms. The topological polar surface area (TPSA) is 142 Å². The van der Waals surface area contributed by atoms with Gasteiger partial charge in [0.1, 0.15) is 5.00 Å². The van der Waals surface area contributed by atoms with E-state index in [-0.39, 0.29) is 22.6 Å². The van der Waals surface area contributed by atoms with E-state index in [1.807, 2.05) is 37.4 Å². The lowest BCUT2D eigenvalue weighted by Gasteiger charge is -2.22. The third-order valence-corrected chi connectivity index (χ3v) is 8.96. The minimum Gasteiger partial charge on any atom is -0.351 e. The minimum absolute atomic E-state index is 0.0543. The van der Waals surface area contributed by atoms with E-state index in [4.69, 9.17) is 5.73 Å². The molecule has 0 atom stereocenters. The Morgan fingerprint density at radius 3 is 2.38 bits per heavy atom. The maximum Gasteiger partial charge on any atom is 0.319 e. The highest BCUT2D eigenvalue weighted by molar-refractivity contribution is 7.89. The van der Waals surface area contributed by atoms with E-state index in [2.05, 4.69) is 15.5 Å². The van der Waals surface area contributed by atoms with E-state index in [0.29, 0.717) is 18.0 Å². The van der Waals surface area contributed by atoms with Crippen LogP contribution in [0.15, 0.2) is 59.5 Å². The van der Waals surface area contributed by atoms with Crippen LogP contribution in [0.4, 0.5) is 9.80 Å². The van der Waals surface area contributed by atoms with E-state index in [9.17, 15) is 22.8 Å². The second-order valence-corrected chi connectivity index (χ2v) is 11.9. The van der Waals surface area contributed by atoms with Gasteiger partial charge in [-0.2, -0.15) is 4.31 Å². The summed E-state index contributed by atoms with van der Waals surface area (Å²) in [6.45, 7) is 1.54. The summed E-state index contributed by atoms with van der Waals surface area (Å²) in [5, 5.41) is 5.15. The Bertz CT molecular complexity index is 1440. The lowest BCUT2D eigenvalue weighted by molar-refractivity contribution is 0.0966. The predicted octanol–water partition coefficient (Wildman–Crippen LogP) is 2.62. The quantitative estimate of drug-likeness (QED) is 0.420. The van der Waals surface area contributed by atoms with Gasteiger partial charge in [0, 0.05) is 37.1 Å². The summed E-state index contributed by atoms with van der Waals surface area (Å²) in [6, 6.07) is 13.8. The van der Waals surface area contributed by atoms with Gasteiger partial charge < -0.3 is 16.0 Å². The van der Waals surface area contributed by atoms with Crippen LogP contribution in [0.3, 0.4) is 0 Å². The Labute approximate surface area is 219 Å². The fraction of sp³-hybridized carbons (Fsp3) is 0.240. The first kappa shape index (κ1) is 26.5. The largest absolute Gasteiger partial charge is 0.351 e. The molecule has 0 aliphatic carbocycles. The molecule has 2 heterocycles. The van der Waals surface area contributed by atoms with Gasteiger partial charge in [-0.05, 0) is 48.9 Å². The number of imide groups is 1. The van der Waals surface area contributed by atoms with Crippen molar-refractivity contribution in [3.63, 3.8) is 0 Å². The highest BCUT2D eigenvalue weighted by Crippen LogP contribution is 2.37. The first-order valence-electron chi connectivity index (χ1n) is 11.4. The van der Waals surface area contributed by atoms with Gasteiger partial charge in [-0.1, -0.05) is 30.3 Å². The number of thiophene rings is 1. The molecule has 1 aliphatic heterocycles. The van der Waals surface area contributed by atoms with Crippen LogP contribution in [0.2, 0.25) is 0 Å². The molecule has 0 unspecified atom stereocenters. The number of hydrogen-bond donors (Lipinski definition) is 3. The van der Waals surface area contributed by atoms with Crippen molar-refractivity contribution in [1.82, 2.24) is 14.5 Å². The van der Waals surface area contributed by atoms with Crippen molar-refractivity contribution in [2.75, 3.05) is 26.0 Å². The number of sulfonamides is 1. The molecule has 10 nitrogen and oxygen atoms in total. The Hall–Kier alpha value is -3.58. The highest BCUT2D eigenvalue weighted by atomic mass is 32.2.